The van der Waals surface area contributed by atoms with Crippen molar-refractivity contribution in [3.8, 4) is 0 Å². The van der Waals surface area contributed by atoms with Gasteiger partial charge in [-0.1, -0.05) is 12.1 Å². The maximum Gasteiger partial charge on any atom is 0.252 e. The second kappa shape index (κ2) is 6.60. The van der Waals surface area contributed by atoms with Crippen LogP contribution in [0.5, 0.6) is 0 Å². The topological polar surface area (TPSA) is 71.1 Å². The number of amides is 2. The summed E-state index contributed by atoms with van der Waals surface area (Å²) in [4.78, 5) is 25.9. The second-order valence-corrected chi connectivity index (χ2v) is 4.22. The van der Waals surface area contributed by atoms with E-state index < -0.39 is 5.82 Å². The first-order chi connectivity index (χ1) is 9.72. The van der Waals surface area contributed by atoms with Crippen LogP contribution in [0.2, 0.25) is 0 Å². The average Bonchev–Trinajstić information content (AvgIpc) is 2.47. The molecular weight excluding hydrogens is 261 g/mol. The highest BCUT2D eigenvalue weighted by atomic mass is 19.1. The first-order valence-electron chi connectivity index (χ1n) is 6.22. The molecular formula is C14H14FN3O2. The van der Waals surface area contributed by atoms with Crippen LogP contribution in [0.3, 0.4) is 0 Å². The lowest BCUT2D eigenvalue weighted by Crippen LogP contribution is -2.27. The van der Waals surface area contributed by atoms with E-state index in [4.69, 9.17) is 0 Å². The maximum atomic E-state index is 13.4. The number of halogens is 1. The van der Waals surface area contributed by atoms with Gasteiger partial charge in [-0.15, -0.1) is 0 Å². The van der Waals surface area contributed by atoms with Crippen LogP contribution in [0, 0.1) is 5.82 Å². The molecule has 20 heavy (non-hydrogen) atoms. The number of carbonyl (C=O) groups excluding carboxylic acids is 2. The van der Waals surface area contributed by atoms with Crippen LogP contribution < -0.4 is 10.6 Å². The van der Waals surface area contributed by atoms with Gasteiger partial charge in [0, 0.05) is 24.7 Å². The number of para-hydroxylation sites is 1. The number of pyridine rings is 1. The molecule has 2 N–H and O–H groups in total. The van der Waals surface area contributed by atoms with Crippen molar-refractivity contribution in [1.82, 2.24) is 15.6 Å². The lowest BCUT2D eigenvalue weighted by molar-refractivity contribution is -0.109. The Labute approximate surface area is 115 Å². The van der Waals surface area contributed by atoms with Crippen LogP contribution in [0.15, 0.2) is 30.5 Å². The fourth-order valence-corrected chi connectivity index (χ4v) is 1.80. The minimum atomic E-state index is -0.408. The summed E-state index contributed by atoms with van der Waals surface area (Å²) in [6.45, 7) is 0.950. The molecule has 0 bridgehead atoms. The summed E-state index contributed by atoms with van der Waals surface area (Å²) in [6.07, 6.45) is 2.61. The van der Waals surface area contributed by atoms with Crippen molar-refractivity contribution in [2.45, 2.75) is 6.42 Å². The van der Waals surface area contributed by atoms with Crippen molar-refractivity contribution >= 4 is 23.2 Å². The van der Waals surface area contributed by atoms with E-state index in [-0.39, 0.29) is 11.4 Å². The number of fused-ring (bicyclic) bond motifs is 1. The Morgan fingerprint density at radius 2 is 2.20 bits per heavy atom. The summed E-state index contributed by atoms with van der Waals surface area (Å²) in [5, 5.41) is 5.80. The molecule has 0 aliphatic carbocycles. The summed E-state index contributed by atoms with van der Waals surface area (Å²) in [7, 11) is 0. The molecule has 0 fully saturated rings. The average molecular weight is 275 g/mol. The predicted molar refractivity (Wildman–Crippen MR) is 72.7 cm³/mol. The standard InChI is InChI=1S/C14H14FN3O2/c15-12-4-1-3-10-7-11(8-18-13(10)12)14(20)17-6-2-5-16-9-19/h1,3-4,7-9H,2,5-6H2,(H,16,19)(H,17,20). The molecule has 104 valence electrons. The van der Waals surface area contributed by atoms with Crippen LogP contribution in [-0.2, 0) is 4.79 Å². The number of hydrogen-bond donors (Lipinski definition) is 2. The molecule has 0 unspecified atom stereocenters. The predicted octanol–water partition coefficient (Wildman–Crippen LogP) is 1.24. The maximum absolute atomic E-state index is 13.4. The molecule has 6 heteroatoms. The van der Waals surface area contributed by atoms with Gasteiger partial charge in [-0.3, -0.25) is 14.6 Å². The van der Waals surface area contributed by atoms with Crippen molar-refractivity contribution in [1.29, 1.82) is 0 Å². The van der Waals surface area contributed by atoms with Crippen molar-refractivity contribution in [2.75, 3.05) is 13.1 Å². The molecule has 2 rings (SSSR count). The van der Waals surface area contributed by atoms with E-state index in [1.807, 2.05) is 0 Å². The van der Waals surface area contributed by atoms with Gasteiger partial charge < -0.3 is 10.6 Å². The molecule has 0 aliphatic heterocycles. The molecule has 1 heterocycles. The molecule has 0 aliphatic rings. The molecule has 0 atom stereocenters. The van der Waals surface area contributed by atoms with Gasteiger partial charge in [0.25, 0.3) is 5.91 Å². The highest BCUT2D eigenvalue weighted by Crippen LogP contribution is 2.16. The monoisotopic (exact) mass is 275 g/mol. The van der Waals surface area contributed by atoms with Gasteiger partial charge in [-0.05, 0) is 18.6 Å². The van der Waals surface area contributed by atoms with Crippen molar-refractivity contribution in [2.24, 2.45) is 0 Å². The van der Waals surface area contributed by atoms with Crippen LogP contribution in [0.4, 0.5) is 4.39 Å². The molecule has 0 radical (unpaired) electrons. The summed E-state index contributed by atoms with van der Waals surface area (Å²) >= 11 is 0. The zero-order valence-corrected chi connectivity index (χ0v) is 10.7. The van der Waals surface area contributed by atoms with Crippen molar-refractivity contribution in [3.63, 3.8) is 0 Å². The van der Waals surface area contributed by atoms with Crippen LogP contribution in [0.1, 0.15) is 16.8 Å². The number of hydrogen-bond acceptors (Lipinski definition) is 3. The Kier molecular flexibility index (Phi) is 4.60. The molecule has 5 nitrogen and oxygen atoms in total. The molecule has 0 saturated carbocycles. The van der Waals surface area contributed by atoms with E-state index in [0.717, 1.165) is 0 Å². The van der Waals surface area contributed by atoms with E-state index in [2.05, 4.69) is 15.6 Å². The Hall–Kier alpha value is -2.50. The van der Waals surface area contributed by atoms with E-state index in [9.17, 15) is 14.0 Å². The van der Waals surface area contributed by atoms with Gasteiger partial charge in [0.2, 0.25) is 6.41 Å². The fraction of sp³-hybridized carbons (Fsp3) is 0.214. The summed E-state index contributed by atoms with van der Waals surface area (Å²) in [6, 6.07) is 6.21. The quantitative estimate of drug-likeness (QED) is 0.615. The van der Waals surface area contributed by atoms with Gasteiger partial charge in [-0.25, -0.2) is 4.39 Å². The Balaban J connectivity index is 2.01. The summed E-state index contributed by atoms with van der Waals surface area (Å²) in [5.41, 5.74) is 0.630. The van der Waals surface area contributed by atoms with Crippen molar-refractivity contribution in [3.05, 3.63) is 41.8 Å². The minimum absolute atomic E-state index is 0.249. The molecule has 0 spiro atoms. The van der Waals surface area contributed by atoms with E-state index in [0.29, 0.717) is 36.9 Å². The van der Waals surface area contributed by atoms with Crippen LogP contribution in [0.25, 0.3) is 10.9 Å². The van der Waals surface area contributed by atoms with E-state index >= 15 is 0 Å². The van der Waals surface area contributed by atoms with E-state index in [1.165, 1.54) is 12.3 Å². The third-order valence-electron chi connectivity index (χ3n) is 2.79. The normalized spacial score (nSPS) is 10.2. The SMILES string of the molecule is O=CNCCCNC(=O)c1cnc2c(F)cccc2c1. The van der Waals surface area contributed by atoms with Gasteiger partial charge in [-0.2, -0.15) is 0 Å². The number of benzene rings is 1. The van der Waals surface area contributed by atoms with Gasteiger partial charge in [0.05, 0.1) is 5.56 Å². The number of nitrogens with zero attached hydrogens (tertiary/aromatic N) is 1. The Bertz CT molecular complexity index is 631. The highest BCUT2D eigenvalue weighted by Gasteiger charge is 2.08. The molecule has 0 saturated heterocycles. The van der Waals surface area contributed by atoms with Crippen molar-refractivity contribution < 1.29 is 14.0 Å². The molecule has 1 aromatic heterocycles. The molecule has 2 aromatic rings. The number of nitrogens with one attached hydrogen (secondary N) is 2. The number of aromatic nitrogens is 1. The minimum Gasteiger partial charge on any atom is -0.359 e. The fourth-order valence-electron chi connectivity index (χ4n) is 1.80. The highest BCUT2D eigenvalue weighted by molar-refractivity contribution is 5.97. The third kappa shape index (κ3) is 3.28. The first kappa shape index (κ1) is 13.9. The largest absolute Gasteiger partial charge is 0.359 e. The van der Waals surface area contributed by atoms with Gasteiger partial charge in [0.1, 0.15) is 11.3 Å². The smallest absolute Gasteiger partial charge is 0.252 e. The van der Waals surface area contributed by atoms with Crippen LogP contribution in [-0.4, -0.2) is 30.4 Å². The molecule has 2 amide bonds. The summed E-state index contributed by atoms with van der Waals surface area (Å²) in [5.74, 6) is -0.677. The number of carbonyl (C=O) groups is 2. The zero-order chi connectivity index (χ0) is 14.4. The lowest BCUT2D eigenvalue weighted by atomic mass is 10.1. The lowest BCUT2D eigenvalue weighted by Gasteiger charge is -2.06. The second-order valence-electron chi connectivity index (χ2n) is 4.22. The van der Waals surface area contributed by atoms with Gasteiger partial charge >= 0.3 is 0 Å². The zero-order valence-electron chi connectivity index (χ0n) is 10.7. The van der Waals surface area contributed by atoms with Gasteiger partial charge in [0.15, 0.2) is 0 Å². The van der Waals surface area contributed by atoms with E-state index in [1.54, 1.807) is 18.2 Å². The Morgan fingerprint density at radius 1 is 1.35 bits per heavy atom. The molecule has 1 aromatic carbocycles. The van der Waals surface area contributed by atoms with Crippen LogP contribution >= 0.6 is 0 Å². The summed E-state index contributed by atoms with van der Waals surface area (Å²) < 4.78 is 13.4. The first-order valence-corrected chi connectivity index (χ1v) is 6.22. The number of rotatable bonds is 6. The third-order valence-corrected chi connectivity index (χ3v) is 2.79. The Morgan fingerprint density at radius 3 is 3.00 bits per heavy atom.